The summed E-state index contributed by atoms with van der Waals surface area (Å²) in [5, 5.41) is 4.26. The Bertz CT molecular complexity index is 2050. The molecule has 0 saturated heterocycles. The SMILES string of the molecule is O=C(c1cc(C(=O)C(F)(F)C(F)(F)C(F)(F)F)c2c(-c3ccccc3)n(-c3ccccc3)nc(-c3ccccc3)c1-2)C(F)(F)C(F)(F)C(F)(F)F. The predicted octanol–water partition coefficient (Wildman–Crippen LogP) is 10.3. The summed E-state index contributed by atoms with van der Waals surface area (Å²) in [7, 11) is 0. The molecule has 1 heterocycles. The molecule has 268 valence electrons. The normalized spacial score (nSPS) is 13.5. The summed E-state index contributed by atoms with van der Waals surface area (Å²) in [6, 6.07) is 18.5. The summed E-state index contributed by atoms with van der Waals surface area (Å²) in [5.41, 5.74) is -8.85. The Balaban J connectivity index is 2.04. The van der Waals surface area contributed by atoms with Crippen molar-refractivity contribution in [2.45, 2.75) is 36.0 Å². The van der Waals surface area contributed by atoms with Gasteiger partial charge in [0, 0.05) is 33.4 Å². The third-order valence-electron chi connectivity index (χ3n) is 7.62. The summed E-state index contributed by atoms with van der Waals surface area (Å²) in [6.45, 7) is 0. The van der Waals surface area contributed by atoms with Crippen LogP contribution in [0, 0.1) is 0 Å². The number of rotatable bonds is 9. The van der Waals surface area contributed by atoms with Crippen LogP contribution < -0.4 is 0 Å². The fourth-order valence-corrected chi connectivity index (χ4v) is 5.11. The maximum Gasteiger partial charge on any atom is 0.460 e. The van der Waals surface area contributed by atoms with Crippen molar-refractivity contribution in [1.29, 1.82) is 0 Å². The molecular formula is C33H16F14N2O2. The molecule has 0 amide bonds. The summed E-state index contributed by atoms with van der Waals surface area (Å²) in [5.74, 6) is -34.7. The number of carbonyl (C=O) groups is 2. The number of benzene rings is 3. The molecule has 0 N–H and O–H groups in total. The Morgan fingerprint density at radius 1 is 0.490 bits per heavy atom. The second kappa shape index (κ2) is 12.2. The number of para-hydroxylation sites is 1. The van der Waals surface area contributed by atoms with Crippen molar-refractivity contribution in [3.8, 4) is 39.3 Å². The molecule has 18 heteroatoms. The van der Waals surface area contributed by atoms with Crippen LogP contribution in [-0.2, 0) is 0 Å². The van der Waals surface area contributed by atoms with Crippen molar-refractivity contribution in [2.75, 3.05) is 0 Å². The molecule has 1 aliphatic carbocycles. The average Bonchev–Trinajstić information content (AvgIpc) is 3.47. The number of ketones is 2. The molecule has 2 aliphatic rings. The number of hydrogen-bond donors (Lipinski definition) is 0. The van der Waals surface area contributed by atoms with Crippen molar-refractivity contribution in [1.82, 2.24) is 9.78 Å². The molecule has 0 saturated carbocycles. The van der Waals surface area contributed by atoms with Gasteiger partial charge in [0.15, 0.2) is 0 Å². The van der Waals surface area contributed by atoms with Gasteiger partial charge in [0.25, 0.3) is 0 Å². The lowest BCUT2D eigenvalue weighted by atomic mass is 9.89. The molecule has 0 unspecified atom stereocenters. The van der Waals surface area contributed by atoms with E-state index in [1.165, 1.54) is 66.7 Å². The van der Waals surface area contributed by atoms with E-state index in [0.717, 1.165) is 28.9 Å². The number of Topliss-reactive ketones (excluding diaryl/α,β-unsaturated/α-hetero) is 2. The number of carbonyl (C=O) groups excluding carboxylic acids is 2. The van der Waals surface area contributed by atoms with Gasteiger partial charge in [-0.1, -0.05) is 78.9 Å². The Labute approximate surface area is 276 Å². The van der Waals surface area contributed by atoms with Gasteiger partial charge >= 0.3 is 36.0 Å². The quantitative estimate of drug-likeness (QED) is 0.112. The van der Waals surface area contributed by atoms with E-state index in [1.54, 1.807) is 0 Å². The van der Waals surface area contributed by atoms with Crippen molar-refractivity contribution >= 4 is 11.6 Å². The largest absolute Gasteiger partial charge is 0.460 e. The van der Waals surface area contributed by atoms with Gasteiger partial charge < -0.3 is 0 Å². The van der Waals surface area contributed by atoms with E-state index in [4.69, 9.17) is 0 Å². The number of alkyl halides is 14. The first-order chi connectivity index (χ1) is 23.5. The van der Waals surface area contributed by atoms with E-state index in [-0.39, 0.29) is 16.8 Å². The van der Waals surface area contributed by atoms with Crippen LogP contribution >= 0.6 is 0 Å². The molecule has 3 aromatic carbocycles. The monoisotopic (exact) mass is 738 g/mol. The Hall–Kier alpha value is -5.29. The van der Waals surface area contributed by atoms with Gasteiger partial charge in [0.2, 0.25) is 11.6 Å². The fraction of sp³-hybridized carbons (Fsp3) is 0.182. The molecule has 0 bridgehead atoms. The molecule has 3 aromatic rings. The first-order valence-electron chi connectivity index (χ1n) is 14.0. The van der Waals surface area contributed by atoms with Gasteiger partial charge in [-0.05, 0) is 18.2 Å². The van der Waals surface area contributed by atoms with Crippen LogP contribution in [0.25, 0.3) is 39.3 Å². The summed E-state index contributed by atoms with van der Waals surface area (Å²) >= 11 is 0. The van der Waals surface area contributed by atoms with E-state index in [1.807, 2.05) is 0 Å². The highest BCUT2D eigenvalue weighted by molar-refractivity contribution is 6.19. The number of hydrogen-bond acceptors (Lipinski definition) is 3. The van der Waals surface area contributed by atoms with Gasteiger partial charge in [0.05, 0.1) is 17.1 Å². The molecule has 5 rings (SSSR count). The van der Waals surface area contributed by atoms with Gasteiger partial charge in [0.1, 0.15) is 0 Å². The van der Waals surface area contributed by atoms with Gasteiger partial charge in [-0.25, -0.2) is 4.68 Å². The van der Waals surface area contributed by atoms with Crippen molar-refractivity contribution in [3.63, 3.8) is 0 Å². The molecule has 0 atom stereocenters. The molecule has 0 fully saturated rings. The maximum atomic E-state index is 15.1. The molecule has 0 radical (unpaired) electrons. The summed E-state index contributed by atoms with van der Waals surface area (Å²) in [4.78, 5) is 26.5. The van der Waals surface area contributed by atoms with E-state index < -0.39 is 87.3 Å². The van der Waals surface area contributed by atoms with Crippen LogP contribution in [0.15, 0.2) is 97.1 Å². The first kappa shape index (κ1) is 37.0. The minimum absolute atomic E-state index is 0.0655. The Kier molecular flexibility index (Phi) is 8.84. The third-order valence-corrected chi connectivity index (χ3v) is 7.62. The molecule has 0 spiro atoms. The lowest BCUT2D eigenvalue weighted by Crippen LogP contribution is -2.56. The van der Waals surface area contributed by atoms with Crippen LogP contribution in [0.1, 0.15) is 20.7 Å². The zero-order chi connectivity index (χ0) is 37.9. The maximum absolute atomic E-state index is 15.1. The number of halogens is 14. The minimum atomic E-state index is -7.16. The first-order valence-corrected chi connectivity index (χ1v) is 14.0. The number of nitrogens with zero attached hydrogens (tertiary/aromatic N) is 2. The highest BCUT2D eigenvalue weighted by Crippen LogP contribution is 2.54. The van der Waals surface area contributed by atoms with E-state index in [9.17, 15) is 53.5 Å². The second-order valence-electron chi connectivity index (χ2n) is 10.8. The minimum Gasteiger partial charge on any atom is -0.287 e. The predicted molar refractivity (Wildman–Crippen MR) is 152 cm³/mol. The summed E-state index contributed by atoms with van der Waals surface area (Å²) < 4.78 is 197. The topological polar surface area (TPSA) is 52.0 Å². The molecule has 1 aliphatic heterocycles. The molecular weight excluding hydrogens is 722 g/mol. The highest BCUT2D eigenvalue weighted by atomic mass is 19.4. The van der Waals surface area contributed by atoms with Crippen LogP contribution in [0.5, 0.6) is 0 Å². The van der Waals surface area contributed by atoms with Crippen molar-refractivity contribution < 1.29 is 71.1 Å². The van der Waals surface area contributed by atoms with Gasteiger partial charge in [-0.2, -0.15) is 66.6 Å². The smallest absolute Gasteiger partial charge is 0.287 e. The lowest BCUT2D eigenvalue weighted by molar-refractivity contribution is -0.339. The third kappa shape index (κ3) is 5.79. The fourth-order valence-electron chi connectivity index (χ4n) is 5.11. The van der Waals surface area contributed by atoms with Crippen molar-refractivity contribution in [3.05, 3.63) is 108 Å². The summed E-state index contributed by atoms with van der Waals surface area (Å²) in [6.07, 6.45) is -14.2. The van der Waals surface area contributed by atoms with E-state index in [2.05, 4.69) is 5.10 Å². The standard InChI is InChI=1S/C33H16F14N2O2/c34-28(35,30(38,39)32(42,43)44)26(50)20-16-21(27(51)29(36,37)31(40,41)33(45,46)47)23-22(20)24(17-10-4-1-5-11-17)48-49(19-14-8-3-9-15-19)25(23)18-12-6-2-7-13-18/h1-16H. The van der Waals surface area contributed by atoms with Crippen LogP contribution in [0.4, 0.5) is 61.5 Å². The van der Waals surface area contributed by atoms with Gasteiger partial charge in [-0.15, -0.1) is 0 Å². The average molecular weight is 738 g/mol. The lowest BCUT2D eigenvalue weighted by Gasteiger charge is -2.28. The van der Waals surface area contributed by atoms with Crippen LogP contribution in [-0.4, -0.2) is 57.4 Å². The Morgan fingerprint density at radius 3 is 1.27 bits per heavy atom. The van der Waals surface area contributed by atoms with Crippen LogP contribution in [0.2, 0.25) is 0 Å². The molecule has 4 nitrogen and oxygen atoms in total. The highest BCUT2D eigenvalue weighted by Gasteiger charge is 2.78. The van der Waals surface area contributed by atoms with Gasteiger partial charge in [-0.3, -0.25) is 9.59 Å². The van der Waals surface area contributed by atoms with Crippen LogP contribution in [0.3, 0.4) is 0 Å². The van der Waals surface area contributed by atoms with Crippen molar-refractivity contribution in [2.24, 2.45) is 0 Å². The zero-order valence-corrected chi connectivity index (χ0v) is 24.7. The molecule has 0 aromatic heterocycles. The molecule has 51 heavy (non-hydrogen) atoms. The number of fused-ring (bicyclic) bond motifs is 1. The second-order valence-corrected chi connectivity index (χ2v) is 10.8. The van der Waals surface area contributed by atoms with E-state index >= 15 is 17.6 Å². The number of aromatic nitrogens is 2. The zero-order valence-electron chi connectivity index (χ0n) is 24.7. The van der Waals surface area contributed by atoms with E-state index in [0.29, 0.717) is 0 Å². The Morgan fingerprint density at radius 2 is 0.863 bits per heavy atom.